The zero-order chi connectivity index (χ0) is 9.26. The molecule has 0 saturated carbocycles. The van der Waals surface area contributed by atoms with Gasteiger partial charge in [0.1, 0.15) is 5.42 Å². The highest BCUT2D eigenvalue weighted by molar-refractivity contribution is 5.41. The zero-order valence-electron chi connectivity index (χ0n) is 7.41. The van der Waals surface area contributed by atoms with E-state index in [1.165, 1.54) is 6.26 Å². The second-order valence-electron chi connectivity index (χ2n) is 3.06. The average molecular weight is 174 g/mol. The van der Waals surface area contributed by atoms with Gasteiger partial charge in [-0.05, 0) is 19.4 Å². The second kappa shape index (κ2) is 3.05. The van der Waals surface area contributed by atoms with Crippen molar-refractivity contribution in [3.63, 3.8) is 0 Å². The first-order valence-corrected chi connectivity index (χ1v) is 4.24. The molecule has 0 radical (unpaired) electrons. The lowest BCUT2D eigenvalue weighted by Crippen LogP contribution is -2.39. The Hall–Kier alpha value is -1.57. The quantitative estimate of drug-likeness (QED) is 0.572. The summed E-state index contributed by atoms with van der Waals surface area (Å²) in [5, 5.41) is 0.685. The summed E-state index contributed by atoms with van der Waals surface area (Å²) < 4.78 is 5.30. The van der Waals surface area contributed by atoms with Gasteiger partial charge in [-0.2, -0.15) is 0 Å². The Kier molecular flexibility index (Phi) is 1.89. The molecule has 0 aromatic carbocycles. The van der Waals surface area contributed by atoms with E-state index in [0.29, 0.717) is 16.2 Å². The predicted molar refractivity (Wildman–Crippen MR) is 51.7 cm³/mol. The number of hydrogen-bond donors (Lipinski definition) is 0. The first kappa shape index (κ1) is 8.05. The van der Waals surface area contributed by atoms with Crippen LogP contribution in [0.4, 0.5) is 0 Å². The lowest BCUT2D eigenvalue weighted by Gasteiger charge is -1.90. The van der Waals surface area contributed by atoms with E-state index in [-0.39, 0.29) is 5.43 Å². The molecule has 0 spiro atoms. The fraction of sp³-hybridized carbons (Fsp3) is 0.182. The van der Waals surface area contributed by atoms with Crippen molar-refractivity contribution in [2.24, 2.45) is 0 Å². The predicted octanol–water partition coefficient (Wildman–Crippen LogP) is 0.469. The number of rotatable bonds is 0. The van der Waals surface area contributed by atoms with E-state index in [0.717, 1.165) is 6.42 Å². The van der Waals surface area contributed by atoms with E-state index in [1.807, 2.05) is 24.3 Å². The third-order valence-electron chi connectivity index (χ3n) is 2.07. The molecular weight excluding hydrogens is 164 g/mol. The highest BCUT2D eigenvalue weighted by Gasteiger charge is 1.98. The molecule has 0 amide bonds. The molecule has 0 fully saturated rings. The second-order valence-corrected chi connectivity index (χ2v) is 3.06. The van der Waals surface area contributed by atoms with E-state index < -0.39 is 0 Å². The molecule has 1 aliphatic carbocycles. The molecule has 0 unspecified atom stereocenters. The van der Waals surface area contributed by atoms with Gasteiger partial charge in [-0.3, -0.25) is 4.79 Å². The lowest BCUT2D eigenvalue weighted by atomic mass is 10.2. The Morgan fingerprint density at radius 1 is 1.46 bits per heavy atom. The molecule has 13 heavy (non-hydrogen) atoms. The van der Waals surface area contributed by atoms with Crippen molar-refractivity contribution in [1.29, 1.82) is 0 Å². The number of allylic oxidation sites excluding steroid dienone is 2. The Balaban J connectivity index is 2.95. The summed E-state index contributed by atoms with van der Waals surface area (Å²) in [6.45, 7) is 1.76. The van der Waals surface area contributed by atoms with Crippen molar-refractivity contribution >= 4 is 12.2 Å². The Morgan fingerprint density at radius 2 is 2.31 bits per heavy atom. The van der Waals surface area contributed by atoms with Crippen LogP contribution in [-0.4, -0.2) is 0 Å². The molecule has 2 nitrogen and oxygen atoms in total. The van der Waals surface area contributed by atoms with Gasteiger partial charge < -0.3 is 4.42 Å². The van der Waals surface area contributed by atoms with Crippen molar-refractivity contribution in [3.05, 3.63) is 44.8 Å². The van der Waals surface area contributed by atoms with Crippen LogP contribution in [0.1, 0.15) is 12.0 Å². The van der Waals surface area contributed by atoms with Gasteiger partial charge in [-0.15, -0.1) is 0 Å². The van der Waals surface area contributed by atoms with Crippen molar-refractivity contribution in [2.75, 3.05) is 0 Å². The Bertz CT molecular complexity index is 518. The lowest BCUT2D eigenvalue weighted by molar-refractivity contribution is 0.503. The maximum Gasteiger partial charge on any atom is 0.195 e. The van der Waals surface area contributed by atoms with Crippen LogP contribution in [0, 0.1) is 6.92 Å². The Morgan fingerprint density at radius 3 is 3.15 bits per heavy atom. The smallest absolute Gasteiger partial charge is 0.195 e. The average Bonchev–Trinajstić information content (AvgIpc) is 2.36. The van der Waals surface area contributed by atoms with Crippen molar-refractivity contribution in [3.8, 4) is 0 Å². The van der Waals surface area contributed by atoms with E-state index >= 15 is 0 Å². The molecule has 1 aromatic heterocycles. The summed E-state index contributed by atoms with van der Waals surface area (Å²) >= 11 is 0. The minimum Gasteiger partial charge on any atom is -0.464 e. The first-order valence-electron chi connectivity index (χ1n) is 4.24. The van der Waals surface area contributed by atoms with Crippen LogP contribution in [0.2, 0.25) is 0 Å². The van der Waals surface area contributed by atoms with Crippen LogP contribution in [0.5, 0.6) is 0 Å². The summed E-state index contributed by atoms with van der Waals surface area (Å²) in [5.41, 5.74) is 1.39. The van der Waals surface area contributed by atoms with Crippen molar-refractivity contribution < 1.29 is 4.42 Å². The van der Waals surface area contributed by atoms with Gasteiger partial charge in [0.05, 0.1) is 11.5 Å². The van der Waals surface area contributed by atoms with E-state index in [4.69, 9.17) is 4.42 Å². The standard InChI is InChI=1S/C11H10O2/c1-8-7-13-10-6-4-2-3-5-9(10)11(8)12/h2,4-7H,3H2,1H3. The first-order chi connectivity index (χ1) is 6.29. The molecular formula is C11H10O2. The van der Waals surface area contributed by atoms with Gasteiger partial charge >= 0.3 is 0 Å². The largest absolute Gasteiger partial charge is 0.464 e. The summed E-state index contributed by atoms with van der Waals surface area (Å²) in [4.78, 5) is 11.6. The topological polar surface area (TPSA) is 30.2 Å². The fourth-order valence-electron chi connectivity index (χ4n) is 1.34. The van der Waals surface area contributed by atoms with Crippen LogP contribution < -0.4 is 16.1 Å². The summed E-state index contributed by atoms with van der Waals surface area (Å²) in [7, 11) is 0. The molecule has 0 bridgehead atoms. The van der Waals surface area contributed by atoms with Gasteiger partial charge in [0, 0.05) is 5.56 Å². The monoisotopic (exact) mass is 174 g/mol. The minimum atomic E-state index is 0.0706. The summed E-state index contributed by atoms with van der Waals surface area (Å²) in [5.74, 6) is 0. The van der Waals surface area contributed by atoms with Gasteiger partial charge in [0.25, 0.3) is 0 Å². The van der Waals surface area contributed by atoms with E-state index in [1.54, 1.807) is 6.92 Å². The molecule has 1 aliphatic rings. The third-order valence-corrected chi connectivity index (χ3v) is 2.07. The normalized spacial score (nSPS) is 13.9. The van der Waals surface area contributed by atoms with Gasteiger partial charge in [0.2, 0.25) is 0 Å². The molecule has 1 heterocycles. The molecule has 2 rings (SSSR count). The summed E-state index contributed by atoms with van der Waals surface area (Å²) in [6, 6.07) is 0. The fourth-order valence-corrected chi connectivity index (χ4v) is 1.34. The van der Waals surface area contributed by atoms with E-state index in [9.17, 15) is 4.79 Å². The van der Waals surface area contributed by atoms with Crippen LogP contribution in [-0.2, 0) is 0 Å². The minimum absolute atomic E-state index is 0.0706. The van der Waals surface area contributed by atoms with Crippen molar-refractivity contribution in [1.82, 2.24) is 0 Å². The maximum absolute atomic E-state index is 11.6. The number of fused-ring (bicyclic) bond motifs is 1. The van der Waals surface area contributed by atoms with Gasteiger partial charge in [0.15, 0.2) is 5.43 Å². The molecule has 0 saturated heterocycles. The van der Waals surface area contributed by atoms with Gasteiger partial charge in [-0.1, -0.05) is 18.2 Å². The number of aryl methyl sites for hydroxylation is 1. The Labute approximate surface area is 75.5 Å². The van der Waals surface area contributed by atoms with Crippen molar-refractivity contribution in [2.45, 2.75) is 13.3 Å². The molecule has 0 atom stereocenters. The highest BCUT2D eigenvalue weighted by atomic mass is 16.3. The SMILES string of the molecule is Cc1coc2c(c1=O)=CCC=CC=2. The molecule has 2 heteroatoms. The van der Waals surface area contributed by atoms with Crippen LogP contribution in [0.25, 0.3) is 12.2 Å². The molecule has 0 N–H and O–H groups in total. The number of hydrogen-bond acceptors (Lipinski definition) is 2. The molecule has 66 valence electrons. The zero-order valence-corrected chi connectivity index (χ0v) is 7.41. The highest BCUT2D eigenvalue weighted by Crippen LogP contribution is 1.88. The molecule has 0 aliphatic heterocycles. The van der Waals surface area contributed by atoms with Crippen LogP contribution in [0.15, 0.2) is 27.6 Å². The third kappa shape index (κ3) is 1.35. The summed E-state index contributed by atoms with van der Waals surface area (Å²) in [6.07, 6.45) is 9.90. The molecule has 1 aromatic rings. The van der Waals surface area contributed by atoms with Gasteiger partial charge in [-0.25, -0.2) is 0 Å². The van der Waals surface area contributed by atoms with E-state index in [2.05, 4.69) is 0 Å². The van der Waals surface area contributed by atoms with Crippen LogP contribution >= 0.6 is 0 Å². The van der Waals surface area contributed by atoms with Crippen LogP contribution in [0.3, 0.4) is 0 Å². The maximum atomic E-state index is 11.6.